The molecule has 1 aromatic carbocycles. The van der Waals surface area contributed by atoms with Crippen LogP contribution in [0.15, 0.2) is 42.7 Å². The van der Waals surface area contributed by atoms with Gasteiger partial charge >= 0.3 is 0 Å². The van der Waals surface area contributed by atoms with E-state index >= 15 is 0 Å². The highest BCUT2D eigenvalue weighted by molar-refractivity contribution is 5.37. The van der Waals surface area contributed by atoms with Gasteiger partial charge in [0.15, 0.2) is 0 Å². The minimum Gasteiger partial charge on any atom is -0.496 e. The van der Waals surface area contributed by atoms with Crippen molar-refractivity contribution < 1.29 is 14.6 Å². The highest BCUT2D eigenvalue weighted by Crippen LogP contribution is 2.49. The molecule has 1 saturated heterocycles. The number of aliphatic hydroxyl groups is 1. The van der Waals surface area contributed by atoms with E-state index in [0.717, 1.165) is 49.4 Å². The molecule has 4 rings (SSSR count). The number of nitrogens with zero attached hydrogens (tertiary/aromatic N) is 2. The second-order valence-corrected chi connectivity index (χ2v) is 8.17. The first-order valence-corrected chi connectivity index (χ1v) is 10.1. The number of rotatable bonds is 6. The second-order valence-electron chi connectivity index (χ2n) is 8.17. The molecule has 0 spiro atoms. The molecule has 1 aliphatic carbocycles. The zero-order chi connectivity index (χ0) is 19.6. The molecule has 0 unspecified atom stereocenters. The summed E-state index contributed by atoms with van der Waals surface area (Å²) in [6, 6.07) is 10.2. The lowest BCUT2D eigenvalue weighted by molar-refractivity contribution is -0.148. The van der Waals surface area contributed by atoms with Gasteiger partial charge in [-0.05, 0) is 36.6 Å². The maximum atomic E-state index is 11.7. The molecule has 5 nitrogen and oxygen atoms in total. The molecule has 150 valence electrons. The first-order chi connectivity index (χ1) is 13.6. The van der Waals surface area contributed by atoms with Crippen LogP contribution in [0.4, 0.5) is 0 Å². The van der Waals surface area contributed by atoms with Crippen molar-refractivity contribution in [3.63, 3.8) is 0 Å². The van der Waals surface area contributed by atoms with Gasteiger partial charge in [-0.1, -0.05) is 18.6 Å². The zero-order valence-electron chi connectivity index (χ0n) is 16.8. The Hall–Kier alpha value is -1.95. The fourth-order valence-electron chi connectivity index (χ4n) is 5.20. The highest BCUT2D eigenvalue weighted by atomic mass is 16.5. The van der Waals surface area contributed by atoms with Crippen LogP contribution in [0.3, 0.4) is 0 Å². The number of likely N-dealkylation sites (tertiary alicyclic amines) is 1. The Morgan fingerprint density at radius 3 is 2.61 bits per heavy atom. The van der Waals surface area contributed by atoms with Crippen LogP contribution in [0.1, 0.15) is 36.0 Å². The summed E-state index contributed by atoms with van der Waals surface area (Å²) in [6.07, 6.45) is 6.92. The molecule has 0 amide bonds. The van der Waals surface area contributed by atoms with E-state index in [-0.39, 0.29) is 11.8 Å². The first kappa shape index (κ1) is 19.4. The van der Waals surface area contributed by atoms with Crippen LogP contribution in [0.25, 0.3) is 0 Å². The van der Waals surface area contributed by atoms with E-state index in [1.807, 2.05) is 24.4 Å². The number of pyridine rings is 1. The number of benzene rings is 1. The van der Waals surface area contributed by atoms with Crippen molar-refractivity contribution in [3.8, 4) is 5.75 Å². The number of methoxy groups -OCH3 is 2. The summed E-state index contributed by atoms with van der Waals surface area (Å²) in [7, 11) is 3.44. The third-order valence-electron chi connectivity index (χ3n) is 6.48. The van der Waals surface area contributed by atoms with E-state index in [1.165, 1.54) is 12.0 Å². The van der Waals surface area contributed by atoms with Gasteiger partial charge in [0.2, 0.25) is 0 Å². The smallest absolute Gasteiger partial charge is 0.123 e. The summed E-state index contributed by atoms with van der Waals surface area (Å²) in [4.78, 5) is 6.75. The number of fused-ring (bicyclic) bond motifs is 2. The number of aromatic nitrogens is 1. The number of hydrogen-bond donors (Lipinski definition) is 1. The van der Waals surface area contributed by atoms with Crippen LogP contribution in [0.5, 0.6) is 5.75 Å². The Kier molecular flexibility index (Phi) is 5.67. The lowest BCUT2D eigenvalue weighted by Crippen LogP contribution is -2.57. The molecule has 2 bridgehead atoms. The Morgan fingerprint density at radius 1 is 1.18 bits per heavy atom. The van der Waals surface area contributed by atoms with E-state index in [2.05, 4.69) is 22.0 Å². The van der Waals surface area contributed by atoms with Crippen LogP contribution >= 0.6 is 0 Å². The Labute approximate surface area is 167 Å². The number of piperidine rings is 1. The normalized spacial score (nSPS) is 27.5. The molecule has 1 saturated carbocycles. The van der Waals surface area contributed by atoms with Gasteiger partial charge in [0, 0.05) is 62.1 Å². The second kappa shape index (κ2) is 8.19. The first-order valence-electron chi connectivity index (χ1n) is 10.1. The molecule has 1 N–H and O–H groups in total. The van der Waals surface area contributed by atoms with Crippen LogP contribution in [0, 0.1) is 11.8 Å². The average Bonchev–Trinajstić information content (AvgIpc) is 2.70. The SMILES string of the molecule is COCc1ccc(OC)c(CN2C[C@H]3CCC[C@H](C2)C3(O)c2cccnc2)c1. The number of hydrogen-bond acceptors (Lipinski definition) is 5. The molecule has 2 heterocycles. The van der Waals surface area contributed by atoms with E-state index in [0.29, 0.717) is 6.61 Å². The minimum absolute atomic E-state index is 0.234. The van der Waals surface area contributed by atoms with Crippen LogP contribution in [-0.2, 0) is 23.5 Å². The van der Waals surface area contributed by atoms with Crippen molar-refractivity contribution in [3.05, 3.63) is 59.4 Å². The molecule has 1 aromatic heterocycles. The standard InChI is InChI=1S/C23H30N2O3/c1-27-16-17-8-9-22(28-2)18(11-17)13-25-14-20-5-3-6-21(15-25)23(20,26)19-7-4-10-24-12-19/h4,7-12,20-21,26H,3,5-6,13-16H2,1-2H3/t20-,21-/m1/s1. The Bertz CT molecular complexity index is 782. The molecule has 2 fully saturated rings. The lowest BCUT2D eigenvalue weighted by Gasteiger charge is -2.53. The third kappa shape index (κ3) is 3.54. The summed E-state index contributed by atoms with van der Waals surface area (Å²) >= 11 is 0. The van der Waals surface area contributed by atoms with Crippen LogP contribution in [-0.4, -0.2) is 42.3 Å². The maximum absolute atomic E-state index is 11.7. The average molecular weight is 383 g/mol. The predicted octanol–water partition coefficient (Wildman–Crippen LogP) is 3.36. The largest absolute Gasteiger partial charge is 0.496 e. The highest BCUT2D eigenvalue weighted by Gasteiger charge is 2.51. The maximum Gasteiger partial charge on any atom is 0.123 e. The van der Waals surface area contributed by atoms with Crippen molar-refractivity contribution in [2.75, 3.05) is 27.3 Å². The van der Waals surface area contributed by atoms with Crippen LogP contribution < -0.4 is 4.74 Å². The topological polar surface area (TPSA) is 54.8 Å². The van der Waals surface area contributed by atoms with E-state index in [9.17, 15) is 5.11 Å². The molecule has 0 radical (unpaired) electrons. The quantitative estimate of drug-likeness (QED) is 0.830. The molecular weight excluding hydrogens is 352 g/mol. The van der Waals surface area contributed by atoms with Gasteiger partial charge in [0.25, 0.3) is 0 Å². The fourth-order valence-corrected chi connectivity index (χ4v) is 5.20. The van der Waals surface area contributed by atoms with Crippen molar-refractivity contribution in [1.82, 2.24) is 9.88 Å². The molecule has 2 atom stereocenters. The van der Waals surface area contributed by atoms with E-state index < -0.39 is 5.60 Å². The van der Waals surface area contributed by atoms with Gasteiger partial charge in [-0.25, -0.2) is 0 Å². The Balaban J connectivity index is 1.56. The molecule has 2 aromatic rings. The minimum atomic E-state index is -0.759. The van der Waals surface area contributed by atoms with Gasteiger partial charge in [-0.3, -0.25) is 9.88 Å². The molecule has 2 aliphatic rings. The summed E-state index contributed by atoms with van der Waals surface area (Å²) in [6.45, 7) is 3.21. The van der Waals surface area contributed by atoms with Crippen molar-refractivity contribution in [2.45, 2.75) is 38.0 Å². The van der Waals surface area contributed by atoms with Gasteiger partial charge in [-0.2, -0.15) is 0 Å². The van der Waals surface area contributed by atoms with Gasteiger partial charge in [0.1, 0.15) is 5.75 Å². The molecule has 28 heavy (non-hydrogen) atoms. The van der Waals surface area contributed by atoms with Gasteiger partial charge < -0.3 is 14.6 Å². The molecular formula is C23H30N2O3. The summed E-state index contributed by atoms with van der Waals surface area (Å²) in [5, 5.41) is 11.7. The lowest BCUT2D eigenvalue weighted by atomic mass is 9.63. The predicted molar refractivity (Wildman–Crippen MR) is 108 cm³/mol. The van der Waals surface area contributed by atoms with Crippen molar-refractivity contribution in [2.24, 2.45) is 11.8 Å². The van der Waals surface area contributed by atoms with E-state index in [1.54, 1.807) is 20.4 Å². The van der Waals surface area contributed by atoms with Gasteiger partial charge in [0.05, 0.1) is 19.3 Å². The van der Waals surface area contributed by atoms with Crippen LogP contribution in [0.2, 0.25) is 0 Å². The Morgan fingerprint density at radius 2 is 1.96 bits per heavy atom. The monoisotopic (exact) mass is 382 g/mol. The van der Waals surface area contributed by atoms with Crippen molar-refractivity contribution >= 4 is 0 Å². The van der Waals surface area contributed by atoms with E-state index in [4.69, 9.17) is 9.47 Å². The zero-order valence-corrected chi connectivity index (χ0v) is 16.8. The summed E-state index contributed by atoms with van der Waals surface area (Å²) in [5.41, 5.74) is 2.55. The fraction of sp³-hybridized carbons (Fsp3) is 0.522. The summed E-state index contributed by atoms with van der Waals surface area (Å²) < 4.78 is 10.9. The number of ether oxygens (including phenoxy) is 2. The molecule has 5 heteroatoms. The summed E-state index contributed by atoms with van der Waals surface area (Å²) in [5.74, 6) is 1.38. The van der Waals surface area contributed by atoms with Gasteiger partial charge in [-0.15, -0.1) is 0 Å². The molecule has 1 aliphatic heterocycles. The van der Waals surface area contributed by atoms with Crippen molar-refractivity contribution in [1.29, 1.82) is 0 Å². The third-order valence-corrected chi connectivity index (χ3v) is 6.48.